The van der Waals surface area contributed by atoms with Crippen LogP contribution in [0.4, 0.5) is 0 Å². The van der Waals surface area contributed by atoms with Crippen LogP contribution in [0.5, 0.6) is 0 Å². The number of hydrogen-bond donors (Lipinski definition) is 0. The number of rotatable bonds is 1. The lowest BCUT2D eigenvalue weighted by Crippen LogP contribution is -2.35. The molecule has 0 aromatic heterocycles. The normalized spacial score (nSPS) is 35.6. The van der Waals surface area contributed by atoms with E-state index in [2.05, 4.69) is 0 Å². The number of carbonyl (C=O) groups excluding carboxylic acids is 2. The summed E-state index contributed by atoms with van der Waals surface area (Å²) in [6.45, 7) is 5.79. The molecule has 0 amide bonds. The lowest BCUT2D eigenvalue weighted by atomic mass is 9.70. The molecular weight excluding hydrogens is 220 g/mol. The molecule has 2 rings (SSSR count). The van der Waals surface area contributed by atoms with Gasteiger partial charge >= 0.3 is 5.97 Å². The Kier molecular flexibility index (Phi) is 2.73. The number of carbonyl (C=O) groups is 2. The fourth-order valence-electron chi connectivity index (χ4n) is 2.83. The van der Waals surface area contributed by atoms with Crippen LogP contribution in [0.1, 0.15) is 40.0 Å². The lowest BCUT2D eigenvalue weighted by molar-refractivity contribution is -0.162. The Bertz CT molecular complexity index is 360. The lowest BCUT2D eigenvalue weighted by Gasteiger charge is -2.26. The minimum absolute atomic E-state index is 0.0652. The van der Waals surface area contributed by atoms with Gasteiger partial charge in [-0.15, -0.1) is 0 Å². The molecule has 1 aliphatic heterocycles. The van der Waals surface area contributed by atoms with Gasteiger partial charge in [-0.2, -0.15) is 4.74 Å². The molecule has 2 fully saturated rings. The van der Waals surface area contributed by atoms with Gasteiger partial charge in [-0.1, -0.05) is 13.8 Å². The van der Waals surface area contributed by atoms with Crippen LogP contribution in [0, 0.1) is 17.4 Å². The summed E-state index contributed by atoms with van der Waals surface area (Å²) in [6.07, 6.45) is 2.49. The van der Waals surface area contributed by atoms with Gasteiger partial charge in [0.15, 0.2) is 11.7 Å². The van der Waals surface area contributed by atoms with Gasteiger partial charge in [0.1, 0.15) is 6.42 Å². The smallest absolute Gasteiger partial charge is 0.343 e. The van der Waals surface area contributed by atoms with Crippen molar-refractivity contribution in [1.82, 2.24) is 0 Å². The molecule has 2 aliphatic rings. The van der Waals surface area contributed by atoms with Crippen molar-refractivity contribution >= 4 is 11.8 Å². The molecule has 17 heavy (non-hydrogen) atoms. The van der Waals surface area contributed by atoms with E-state index in [-0.39, 0.29) is 17.1 Å². The van der Waals surface area contributed by atoms with E-state index in [9.17, 15) is 9.59 Å². The maximum absolute atomic E-state index is 12.0. The summed E-state index contributed by atoms with van der Waals surface area (Å²) < 4.78 is 10.5. The van der Waals surface area contributed by atoms with E-state index < -0.39 is 11.6 Å². The maximum atomic E-state index is 12.0. The third-order valence-electron chi connectivity index (χ3n) is 3.65. The highest BCUT2D eigenvalue weighted by molar-refractivity contribution is 5.88. The highest BCUT2D eigenvalue weighted by Gasteiger charge is 2.64. The molecule has 1 saturated carbocycles. The first-order chi connectivity index (χ1) is 7.77. The molecule has 0 N–H and O–H groups in total. The summed E-state index contributed by atoms with van der Waals surface area (Å²) in [5, 5.41) is 0. The Balaban J connectivity index is 2.20. The third-order valence-corrected chi connectivity index (χ3v) is 3.65. The van der Waals surface area contributed by atoms with E-state index in [1.54, 1.807) is 6.92 Å². The first kappa shape index (κ1) is 12.4. The fourth-order valence-corrected chi connectivity index (χ4v) is 2.83. The molecule has 0 spiro atoms. The number of Topliss-reactive ketones (excluding diaryl/α,β-unsaturated/α-hetero) is 1. The van der Waals surface area contributed by atoms with Gasteiger partial charge < -0.3 is 4.74 Å². The minimum Gasteiger partial charge on any atom is -0.467 e. The molecule has 4 heteroatoms. The van der Waals surface area contributed by atoms with Crippen molar-refractivity contribution in [2.45, 2.75) is 45.6 Å². The van der Waals surface area contributed by atoms with E-state index in [0.717, 1.165) is 12.5 Å². The SMILES string of the molecule is COC(=O)C1(C)CC2C(=O)CC(C)(C)C[C+]2O1. The van der Waals surface area contributed by atoms with Crippen molar-refractivity contribution in [2.75, 3.05) is 7.11 Å². The molecule has 1 heterocycles. The Morgan fingerprint density at radius 2 is 2.12 bits per heavy atom. The van der Waals surface area contributed by atoms with Gasteiger partial charge in [-0.25, -0.2) is 4.79 Å². The van der Waals surface area contributed by atoms with Gasteiger partial charge in [0.05, 0.1) is 7.11 Å². The fraction of sp³-hybridized carbons (Fsp3) is 0.769. The molecule has 0 aromatic carbocycles. The summed E-state index contributed by atoms with van der Waals surface area (Å²) in [4.78, 5) is 23.7. The predicted octanol–water partition coefficient (Wildman–Crippen LogP) is 1.88. The van der Waals surface area contributed by atoms with E-state index >= 15 is 0 Å². The molecule has 1 saturated heterocycles. The van der Waals surface area contributed by atoms with Crippen LogP contribution in [-0.2, 0) is 19.1 Å². The number of ether oxygens (including phenoxy) is 2. The van der Waals surface area contributed by atoms with E-state index in [1.165, 1.54) is 7.11 Å². The summed E-state index contributed by atoms with van der Waals surface area (Å²) in [5.74, 6) is -0.430. The third kappa shape index (κ3) is 2.06. The van der Waals surface area contributed by atoms with Gasteiger partial charge in [-0.3, -0.25) is 4.79 Å². The number of ketones is 1. The van der Waals surface area contributed by atoms with Gasteiger partial charge in [-0.05, 0) is 6.92 Å². The maximum Gasteiger partial charge on any atom is 0.343 e. The quantitative estimate of drug-likeness (QED) is 0.518. The first-order valence-corrected chi connectivity index (χ1v) is 5.93. The van der Waals surface area contributed by atoms with Crippen LogP contribution >= 0.6 is 0 Å². The Hall–Kier alpha value is -1.03. The second-order valence-corrected chi connectivity index (χ2v) is 6.03. The van der Waals surface area contributed by atoms with Crippen molar-refractivity contribution in [3.8, 4) is 0 Å². The second-order valence-electron chi connectivity index (χ2n) is 6.03. The van der Waals surface area contributed by atoms with E-state index in [0.29, 0.717) is 12.8 Å². The number of methoxy groups -OCH3 is 1. The summed E-state index contributed by atoms with van der Waals surface area (Å²) >= 11 is 0. The van der Waals surface area contributed by atoms with Crippen LogP contribution in [0.3, 0.4) is 0 Å². The Morgan fingerprint density at radius 3 is 2.71 bits per heavy atom. The van der Waals surface area contributed by atoms with E-state index in [4.69, 9.17) is 9.47 Å². The molecule has 0 radical (unpaired) electrons. The average molecular weight is 239 g/mol. The minimum atomic E-state index is -0.981. The number of hydrogen-bond acceptors (Lipinski definition) is 4. The molecule has 94 valence electrons. The van der Waals surface area contributed by atoms with Crippen molar-refractivity contribution in [1.29, 1.82) is 0 Å². The molecule has 0 bridgehead atoms. The number of fused-ring (bicyclic) bond motifs is 1. The summed E-state index contributed by atoms with van der Waals surface area (Å²) in [7, 11) is 1.34. The van der Waals surface area contributed by atoms with Crippen LogP contribution in [0.15, 0.2) is 0 Å². The molecule has 4 nitrogen and oxygen atoms in total. The van der Waals surface area contributed by atoms with Crippen LogP contribution in [-0.4, -0.2) is 24.5 Å². The monoisotopic (exact) mass is 239 g/mol. The predicted molar refractivity (Wildman–Crippen MR) is 60.9 cm³/mol. The molecular formula is C13H19O4+. The molecule has 2 unspecified atom stereocenters. The van der Waals surface area contributed by atoms with Gasteiger partial charge in [0.2, 0.25) is 5.60 Å². The summed E-state index contributed by atoms with van der Waals surface area (Å²) in [5.41, 5.74) is -1.05. The van der Waals surface area contributed by atoms with Crippen LogP contribution in [0.2, 0.25) is 0 Å². The standard InChI is InChI=1S/C13H19O4/c1-12(2)6-9(14)8-5-13(3,11(15)16-4)17-10(8)7-12/h8H,5-7H2,1-4H3/q+1. The van der Waals surface area contributed by atoms with Gasteiger partial charge in [0, 0.05) is 18.3 Å². The van der Waals surface area contributed by atoms with Gasteiger partial charge in [0.25, 0.3) is 6.10 Å². The second kappa shape index (κ2) is 3.73. The topological polar surface area (TPSA) is 52.6 Å². The molecule has 0 aromatic rings. The first-order valence-electron chi connectivity index (χ1n) is 5.93. The highest BCUT2D eigenvalue weighted by atomic mass is 16.6. The molecule has 2 atom stereocenters. The zero-order valence-electron chi connectivity index (χ0n) is 10.8. The van der Waals surface area contributed by atoms with Crippen molar-refractivity contribution in [2.24, 2.45) is 11.3 Å². The zero-order chi connectivity index (χ0) is 12.8. The highest BCUT2D eigenvalue weighted by Crippen LogP contribution is 2.51. The van der Waals surface area contributed by atoms with E-state index in [1.807, 2.05) is 13.8 Å². The Morgan fingerprint density at radius 1 is 1.47 bits per heavy atom. The Labute approximate surface area is 102 Å². The zero-order valence-corrected chi connectivity index (χ0v) is 10.8. The number of esters is 1. The average Bonchev–Trinajstić information content (AvgIpc) is 2.53. The van der Waals surface area contributed by atoms with Crippen LogP contribution in [0.25, 0.3) is 0 Å². The summed E-state index contributed by atoms with van der Waals surface area (Å²) in [6, 6.07) is 0. The molecule has 1 aliphatic carbocycles. The van der Waals surface area contributed by atoms with Crippen molar-refractivity contribution in [3.63, 3.8) is 0 Å². The largest absolute Gasteiger partial charge is 0.467 e. The van der Waals surface area contributed by atoms with Crippen molar-refractivity contribution < 1.29 is 19.1 Å². The van der Waals surface area contributed by atoms with Crippen molar-refractivity contribution in [3.05, 3.63) is 6.10 Å². The van der Waals surface area contributed by atoms with Crippen LogP contribution < -0.4 is 0 Å².